The molecule has 0 saturated carbocycles. The summed E-state index contributed by atoms with van der Waals surface area (Å²) in [5.41, 5.74) is 0.783. The van der Waals surface area contributed by atoms with Crippen molar-refractivity contribution < 1.29 is 22.0 Å². The van der Waals surface area contributed by atoms with Crippen LogP contribution in [0.5, 0.6) is 0 Å². The molecule has 0 N–H and O–H groups in total. The molecule has 0 spiro atoms. The largest absolute Gasteiger partial charge is 0.417 e. The number of pyridine rings is 1. The van der Waals surface area contributed by atoms with Crippen molar-refractivity contribution in [1.29, 1.82) is 0 Å². The van der Waals surface area contributed by atoms with Crippen LogP contribution in [-0.4, -0.2) is 24.7 Å². The Morgan fingerprint density at radius 3 is 2.31 bits per heavy atom. The molecule has 2 aromatic carbocycles. The van der Waals surface area contributed by atoms with Crippen LogP contribution in [0.15, 0.2) is 73.1 Å². The van der Waals surface area contributed by atoms with E-state index in [1.165, 1.54) is 24.3 Å². The molecule has 0 unspecified atom stereocenters. The van der Waals surface area contributed by atoms with Crippen LogP contribution < -0.4 is 0 Å². The summed E-state index contributed by atoms with van der Waals surface area (Å²) in [6.45, 7) is -0.719. The van der Waals surface area contributed by atoms with Gasteiger partial charge in [0.25, 0.3) is 0 Å². The minimum absolute atomic E-state index is 0.0309. The van der Waals surface area contributed by atoms with Crippen LogP contribution >= 0.6 is 0 Å². The summed E-state index contributed by atoms with van der Waals surface area (Å²) in [6, 6.07) is 14.3. The fourth-order valence-electron chi connectivity index (χ4n) is 3.72. The Kier molecular flexibility index (Phi) is 5.72. The number of nitrogens with zero attached hydrogens (tertiary/aromatic N) is 5. The second-order valence-corrected chi connectivity index (χ2v) is 7.84. The molecule has 0 amide bonds. The van der Waals surface area contributed by atoms with Crippen molar-refractivity contribution in [3.63, 3.8) is 0 Å². The Morgan fingerprint density at radius 2 is 1.60 bits per heavy atom. The highest BCUT2D eigenvalue weighted by atomic mass is 19.4. The van der Waals surface area contributed by atoms with E-state index in [4.69, 9.17) is 0 Å². The van der Waals surface area contributed by atoms with Gasteiger partial charge >= 0.3 is 6.18 Å². The van der Waals surface area contributed by atoms with E-state index in [1.54, 1.807) is 47.3 Å². The van der Waals surface area contributed by atoms with Gasteiger partial charge in [0.15, 0.2) is 5.82 Å². The van der Waals surface area contributed by atoms with Crippen molar-refractivity contribution in [1.82, 2.24) is 24.7 Å². The number of fused-ring (bicyclic) bond motifs is 1. The SMILES string of the molecule is FCc1ccc(-c2ccc(Cn3ccc4nc(-c5ccccc5F)nc-4c3)nn2)c(C(F)(F)F)c1. The molecule has 0 saturated heterocycles. The van der Waals surface area contributed by atoms with Crippen LogP contribution in [0, 0.1) is 5.82 Å². The van der Waals surface area contributed by atoms with E-state index in [9.17, 15) is 22.0 Å². The highest BCUT2D eigenvalue weighted by Gasteiger charge is 2.34. The van der Waals surface area contributed by atoms with Crippen molar-refractivity contribution in [3.8, 4) is 34.0 Å². The van der Waals surface area contributed by atoms with Crippen LogP contribution in [0.2, 0.25) is 0 Å². The molecule has 5 nitrogen and oxygen atoms in total. The Hall–Kier alpha value is -4.21. The van der Waals surface area contributed by atoms with Crippen molar-refractivity contribution in [2.75, 3.05) is 0 Å². The predicted molar refractivity (Wildman–Crippen MR) is 118 cm³/mol. The summed E-state index contributed by atoms with van der Waals surface area (Å²) in [4.78, 5) is 8.78. The van der Waals surface area contributed by atoms with E-state index in [1.807, 2.05) is 0 Å². The average molecular weight is 481 g/mol. The molecule has 2 aliphatic rings. The Morgan fingerprint density at radius 1 is 0.800 bits per heavy atom. The highest BCUT2D eigenvalue weighted by molar-refractivity contribution is 5.66. The summed E-state index contributed by atoms with van der Waals surface area (Å²) in [5.74, 6) is -0.140. The second kappa shape index (κ2) is 8.86. The van der Waals surface area contributed by atoms with Crippen LogP contribution in [0.25, 0.3) is 34.0 Å². The van der Waals surface area contributed by atoms with Gasteiger partial charge in [-0.25, -0.2) is 18.7 Å². The molecule has 0 fully saturated rings. The van der Waals surface area contributed by atoms with E-state index < -0.39 is 24.2 Å². The van der Waals surface area contributed by atoms with Crippen LogP contribution in [0.4, 0.5) is 22.0 Å². The monoisotopic (exact) mass is 481 g/mol. The maximum absolute atomic E-state index is 14.1. The number of benzene rings is 2. The van der Waals surface area contributed by atoms with Gasteiger partial charge in [-0.3, -0.25) is 0 Å². The third-order valence-corrected chi connectivity index (χ3v) is 5.43. The second-order valence-electron chi connectivity index (χ2n) is 7.84. The van der Waals surface area contributed by atoms with Gasteiger partial charge in [-0.1, -0.05) is 24.3 Å². The third-order valence-electron chi connectivity index (χ3n) is 5.43. The van der Waals surface area contributed by atoms with E-state index >= 15 is 0 Å². The maximum atomic E-state index is 14.1. The van der Waals surface area contributed by atoms with Crippen LogP contribution in [0.1, 0.15) is 16.8 Å². The molecule has 2 aliphatic heterocycles. The van der Waals surface area contributed by atoms with Crippen molar-refractivity contribution in [2.24, 2.45) is 0 Å². The molecule has 0 bridgehead atoms. The normalized spacial score (nSPS) is 11.8. The third kappa shape index (κ3) is 4.59. The molecule has 1 aromatic heterocycles. The molecular weight excluding hydrogens is 465 g/mol. The minimum atomic E-state index is -4.66. The van der Waals surface area contributed by atoms with Gasteiger partial charge in [-0.2, -0.15) is 23.4 Å². The van der Waals surface area contributed by atoms with Gasteiger partial charge in [0.05, 0.1) is 34.8 Å². The molecule has 0 aliphatic carbocycles. The standard InChI is InChI=1S/C25H16F5N5/c26-12-15-5-7-17(19(11-15)25(28,29)30)21-8-6-16(33-34-21)13-35-10-9-22-23(14-35)32-24(31-22)18-3-1-2-4-20(18)27/h1-11,14H,12-13H2. The quantitative estimate of drug-likeness (QED) is 0.281. The minimum Gasteiger partial charge on any atom is -0.346 e. The van der Waals surface area contributed by atoms with E-state index in [0.717, 1.165) is 6.07 Å². The summed E-state index contributed by atoms with van der Waals surface area (Å²) in [5, 5.41) is 8.03. The van der Waals surface area contributed by atoms with Gasteiger partial charge in [0, 0.05) is 18.0 Å². The fraction of sp³-hybridized carbons (Fsp3) is 0.120. The Bertz CT molecular complexity index is 1460. The van der Waals surface area contributed by atoms with Gasteiger partial charge < -0.3 is 4.57 Å². The topological polar surface area (TPSA) is 56.5 Å². The maximum Gasteiger partial charge on any atom is 0.417 e. The zero-order valence-electron chi connectivity index (χ0n) is 18.0. The van der Waals surface area contributed by atoms with Gasteiger partial charge in [0.2, 0.25) is 0 Å². The van der Waals surface area contributed by atoms with Gasteiger partial charge in [-0.05, 0) is 42.0 Å². The lowest BCUT2D eigenvalue weighted by Crippen LogP contribution is -2.09. The van der Waals surface area contributed by atoms with E-state index in [0.29, 0.717) is 22.6 Å². The first kappa shape index (κ1) is 22.6. The van der Waals surface area contributed by atoms with E-state index in [-0.39, 0.29) is 29.2 Å². The number of rotatable bonds is 5. The lowest BCUT2D eigenvalue weighted by molar-refractivity contribution is -0.137. The van der Waals surface area contributed by atoms with Crippen LogP contribution in [0.3, 0.4) is 0 Å². The van der Waals surface area contributed by atoms with Gasteiger partial charge in [-0.15, -0.1) is 0 Å². The molecule has 5 rings (SSSR count). The first-order chi connectivity index (χ1) is 16.8. The summed E-state index contributed by atoms with van der Waals surface area (Å²) < 4.78 is 69.1. The average Bonchev–Trinajstić information content (AvgIpc) is 3.27. The summed E-state index contributed by atoms with van der Waals surface area (Å²) in [7, 11) is 0. The summed E-state index contributed by atoms with van der Waals surface area (Å²) in [6.07, 6.45) is -1.19. The first-order valence-corrected chi connectivity index (χ1v) is 10.5. The number of alkyl halides is 4. The molecule has 35 heavy (non-hydrogen) atoms. The highest BCUT2D eigenvalue weighted by Crippen LogP contribution is 2.37. The number of halogens is 5. The molecule has 3 aromatic rings. The molecular formula is C25H16F5N5. The van der Waals surface area contributed by atoms with Gasteiger partial charge in [0.1, 0.15) is 18.2 Å². The summed E-state index contributed by atoms with van der Waals surface area (Å²) >= 11 is 0. The fourth-order valence-corrected chi connectivity index (χ4v) is 3.72. The smallest absolute Gasteiger partial charge is 0.346 e. The Balaban J connectivity index is 1.40. The van der Waals surface area contributed by atoms with Crippen LogP contribution in [-0.2, 0) is 19.4 Å². The molecule has 0 radical (unpaired) electrons. The first-order valence-electron chi connectivity index (χ1n) is 10.5. The lowest BCUT2D eigenvalue weighted by Gasteiger charge is -2.13. The number of hydrogen-bond acceptors (Lipinski definition) is 4. The zero-order valence-corrected chi connectivity index (χ0v) is 18.0. The zero-order chi connectivity index (χ0) is 24.6. The van der Waals surface area contributed by atoms with Crippen molar-refractivity contribution in [3.05, 3.63) is 95.7 Å². The van der Waals surface area contributed by atoms with Crippen molar-refractivity contribution in [2.45, 2.75) is 19.4 Å². The molecule has 176 valence electrons. The molecule has 3 heterocycles. The lowest BCUT2D eigenvalue weighted by atomic mass is 10.0. The number of aromatic nitrogens is 5. The molecule has 10 heteroatoms. The number of hydrogen-bond donors (Lipinski definition) is 0. The van der Waals surface area contributed by atoms with Crippen molar-refractivity contribution >= 4 is 0 Å². The predicted octanol–water partition coefficient (Wildman–Crippen LogP) is 6.18. The van der Waals surface area contributed by atoms with E-state index in [2.05, 4.69) is 20.2 Å². The Labute approximate surface area is 196 Å². The number of imidazole rings is 1. The molecule has 0 atom stereocenters.